The number of thiazole rings is 1. The molecule has 0 amide bonds. The number of aliphatic carboxylic acids is 1. The molecule has 60 valence electrons. The Balaban J connectivity index is 2.84. The average molecular weight is 193 g/mol. The molecule has 1 aromatic heterocycles. The molecule has 1 aromatic rings. The molecule has 0 bridgehead atoms. The lowest BCUT2D eigenvalue weighted by Gasteiger charge is -1.99. The maximum atomic E-state index is 10.3. The fourth-order valence-electron chi connectivity index (χ4n) is 0.530. The minimum Gasteiger partial charge on any atom is -0.480 e. The zero-order valence-electron chi connectivity index (χ0n) is 5.32. The van der Waals surface area contributed by atoms with Gasteiger partial charge < -0.3 is 10.8 Å². The van der Waals surface area contributed by atoms with E-state index in [0.717, 1.165) is 11.3 Å². The van der Waals surface area contributed by atoms with E-state index in [9.17, 15) is 4.79 Å². The van der Waals surface area contributed by atoms with Crippen LogP contribution in [0.1, 0.15) is 10.9 Å². The minimum atomic E-state index is -1.08. The van der Waals surface area contributed by atoms with Crippen LogP contribution < -0.4 is 5.73 Å². The number of halogens is 1. The fourth-order valence-corrected chi connectivity index (χ4v) is 1.48. The van der Waals surface area contributed by atoms with Gasteiger partial charge in [0.2, 0.25) is 0 Å². The molecule has 1 unspecified atom stereocenters. The van der Waals surface area contributed by atoms with Crippen molar-refractivity contribution < 1.29 is 9.90 Å². The Bertz CT molecular complexity index is 275. The largest absolute Gasteiger partial charge is 0.480 e. The summed E-state index contributed by atoms with van der Waals surface area (Å²) in [6, 6.07) is -1.01. The lowest BCUT2D eigenvalue weighted by atomic mass is 10.3. The van der Waals surface area contributed by atoms with Crippen LogP contribution in [0.15, 0.2) is 6.20 Å². The highest BCUT2D eigenvalue weighted by Gasteiger charge is 2.16. The third-order valence-corrected chi connectivity index (χ3v) is 2.27. The smallest absolute Gasteiger partial charge is 0.326 e. The molecule has 6 heteroatoms. The van der Waals surface area contributed by atoms with Gasteiger partial charge in [0.1, 0.15) is 6.04 Å². The van der Waals surface area contributed by atoms with Crippen LogP contribution in [0, 0.1) is 0 Å². The van der Waals surface area contributed by atoms with Crippen LogP contribution in [-0.2, 0) is 4.79 Å². The molecule has 0 aliphatic carbocycles. The first kappa shape index (κ1) is 8.45. The van der Waals surface area contributed by atoms with Crippen molar-refractivity contribution in [3.8, 4) is 0 Å². The Morgan fingerprint density at radius 1 is 1.91 bits per heavy atom. The maximum Gasteiger partial charge on any atom is 0.326 e. The summed E-state index contributed by atoms with van der Waals surface area (Å²) in [7, 11) is 0. The quantitative estimate of drug-likeness (QED) is 0.730. The van der Waals surface area contributed by atoms with Crippen LogP contribution in [-0.4, -0.2) is 16.1 Å². The van der Waals surface area contributed by atoms with Crippen molar-refractivity contribution in [3.05, 3.63) is 15.5 Å². The van der Waals surface area contributed by atoms with Crippen LogP contribution in [0.5, 0.6) is 0 Å². The van der Waals surface area contributed by atoms with Crippen molar-refractivity contribution in [3.63, 3.8) is 0 Å². The predicted molar refractivity (Wildman–Crippen MR) is 41.7 cm³/mol. The van der Waals surface area contributed by atoms with Gasteiger partial charge in [-0.2, -0.15) is 0 Å². The van der Waals surface area contributed by atoms with Crippen molar-refractivity contribution in [2.24, 2.45) is 5.73 Å². The highest BCUT2D eigenvalue weighted by atomic mass is 35.5. The number of hydrogen-bond acceptors (Lipinski definition) is 4. The first-order valence-corrected chi connectivity index (χ1v) is 3.90. The van der Waals surface area contributed by atoms with Gasteiger partial charge >= 0.3 is 5.97 Å². The average Bonchev–Trinajstić information content (AvgIpc) is 2.34. The molecule has 0 aromatic carbocycles. The monoisotopic (exact) mass is 192 g/mol. The molecular weight excluding hydrogens is 188 g/mol. The number of nitrogens with zero attached hydrogens (tertiary/aromatic N) is 1. The van der Waals surface area contributed by atoms with E-state index in [1.54, 1.807) is 0 Å². The summed E-state index contributed by atoms with van der Waals surface area (Å²) in [5.41, 5.74) is 5.26. The summed E-state index contributed by atoms with van der Waals surface area (Å²) in [4.78, 5) is 14.4. The third-order valence-electron chi connectivity index (χ3n) is 1.07. The van der Waals surface area contributed by atoms with Crippen molar-refractivity contribution in [1.29, 1.82) is 0 Å². The number of hydrogen-bond donors (Lipinski definition) is 2. The van der Waals surface area contributed by atoms with E-state index in [4.69, 9.17) is 22.4 Å². The van der Waals surface area contributed by atoms with Crippen LogP contribution in [0.2, 0.25) is 4.47 Å². The molecule has 1 atom stereocenters. The molecule has 0 saturated carbocycles. The third kappa shape index (κ3) is 1.89. The summed E-state index contributed by atoms with van der Waals surface area (Å²) in [5, 5.41) is 8.46. The van der Waals surface area contributed by atoms with E-state index < -0.39 is 12.0 Å². The van der Waals surface area contributed by atoms with E-state index in [1.807, 2.05) is 0 Å². The highest BCUT2D eigenvalue weighted by molar-refractivity contribution is 7.15. The standard InChI is InChI=1S/C5H5ClN2O2S/c6-5-8-1-2(11-5)3(7)4(9)10/h1,3H,7H2,(H,9,10). The van der Waals surface area contributed by atoms with Gasteiger partial charge in [0.25, 0.3) is 0 Å². The van der Waals surface area contributed by atoms with E-state index in [1.165, 1.54) is 6.20 Å². The summed E-state index contributed by atoms with van der Waals surface area (Å²) < 4.78 is 0.303. The maximum absolute atomic E-state index is 10.3. The van der Waals surface area contributed by atoms with Gasteiger partial charge in [-0.15, -0.1) is 11.3 Å². The molecule has 11 heavy (non-hydrogen) atoms. The van der Waals surface area contributed by atoms with Crippen molar-refractivity contribution in [2.75, 3.05) is 0 Å². The van der Waals surface area contributed by atoms with Crippen LogP contribution >= 0.6 is 22.9 Å². The van der Waals surface area contributed by atoms with Gasteiger partial charge in [-0.3, -0.25) is 4.79 Å². The molecule has 3 N–H and O–H groups in total. The highest BCUT2D eigenvalue weighted by Crippen LogP contribution is 2.22. The summed E-state index contributed by atoms with van der Waals surface area (Å²) in [5.74, 6) is -1.08. The molecule has 1 heterocycles. The van der Waals surface area contributed by atoms with E-state index in [0.29, 0.717) is 9.34 Å². The Hall–Kier alpha value is -0.650. The van der Waals surface area contributed by atoms with Gasteiger partial charge in [-0.25, -0.2) is 4.98 Å². The van der Waals surface area contributed by atoms with Crippen molar-refractivity contribution in [1.82, 2.24) is 4.98 Å². The van der Waals surface area contributed by atoms with Crippen LogP contribution in [0.4, 0.5) is 0 Å². The Labute approximate surface area is 71.6 Å². The number of carboxylic acids is 1. The van der Waals surface area contributed by atoms with Gasteiger partial charge in [0, 0.05) is 6.20 Å². The molecule has 0 radical (unpaired) electrons. The first-order valence-electron chi connectivity index (χ1n) is 2.71. The second-order valence-corrected chi connectivity index (χ2v) is 3.48. The summed E-state index contributed by atoms with van der Waals surface area (Å²) >= 11 is 6.54. The molecule has 0 aliphatic heterocycles. The molecule has 0 fully saturated rings. The van der Waals surface area contributed by atoms with Crippen LogP contribution in [0.25, 0.3) is 0 Å². The second-order valence-electron chi connectivity index (χ2n) is 1.83. The summed E-state index contributed by atoms with van der Waals surface area (Å²) in [6.07, 6.45) is 1.37. The second kappa shape index (κ2) is 3.17. The predicted octanol–water partition coefficient (Wildman–Crippen LogP) is 0.881. The fraction of sp³-hybridized carbons (Fsp3) is 0.200. The minimum absolute atomic E-state index is 0.303. The SMILES string of the molecule is NC(C(=O)O)c1cnc(Cl)s1. The first-order chi connectivity index (χ1) is 5.11. The van der Waals surface area contributed by atoms with Crippen molar-refractivity contribution in [2.45, 2.75) is 6.04 Å². The van der Waals surface area contributed by atoms with Crippen molar-refractivity contribution >= 4 is 28.9 Å². The lowest BCUT2D eigenvalue weighted by molar-refractivity contribution is -0.138. The molecule has 0 spiro atoms. The Morgan fingerprint density at radius 3 is 2.91 bits per heavy atom. The van der Waals surface area contributed by atoms with E-state index in [2.05, 4.69) is 4.98 Å². The number of carbonyl (C=O) groups is 1. The van der Waals surface area contributed by atoms with Crippen LogP contribution in [0.3, 0.4) is 0 Å². The zero-order chi connectivity index (χ0) is 8.43. The molecule has 0 aliphatic rings. The lowest BCUT2D eigenvalue weighted by Crippen LogP contribution is -2.19. The van der Waals surface area contributed by atoms with Gasteiger partial charge in [-0.1, -0.05) is 11.6 Å². The topological polar surface area (TPSA) is 76.2 Å². The molecule has 4 nitrogen and oxygen atoms in total. The zero-order valence-corrected chi connectivity index (χ0v) is 6.89. The normalized spacial score (nSPS) is 12.9. The molecule has 0 saturated heterocycles. The molecule has 1 rings (SSSR count). The number of carboxylic acid groups (broad SMARTS) is 1. The summed E-state index contributed by atoms with van der Waals surface area (Å²) in [6.45, 7) is 0. The Kier molecular flexibility index (Phi) is 2.43. The van der Waals surface area contributed by atoms with E-state index >= 15 is 0 Å². The number of nitrogens with two attached hydrogens (primary N) is 1. The number of aromatic nitrogens is 1. The van der Waals surface area contributed by atoms with E-state index in [-0.39, 0.29) is 0 Å². The molecular formula is C5H5ClN2O2S. The van der Waals surface area contributed by atoms with Gasteiger partial charge in [0.15, 0.2) is 4.47 Å². The number of rotatable bonds is 2. The van der Waals surface area contributed by atoms with Gasteiger partial charge in [-0.05, 0) is 0 Å². The Morgan fingerprint density at radius 2 is 2.55 bits per heavy atom. The van der Waals surface area contributed by atoms with Gasteiger partial charge in [0.05, 0.1) is 4.88 Å².